The number of rotatable bonds is 2. The van der Waals surface area contributed by atoms with Gasteiger partial charge in [0.2, 0.25) is 11.8 Å². The number of amides is 2. The van der Waals surface area contributed by atoms with E-state index in [1.54, 1.807) is 0 Å². The zero-order valence-corrected chi connectivity index (χ0v) is 25.0. The lowest BCUT2D eigenvalue weighted by Gasteiger charge is -1.97. The molecule has 0 bridgehead atoms. The zero-order chi connectivity index (χ0) is 24.1. The number of aryl methyl sites for hydroxylation is 4. The smallest absolute Gasteiger partial charge is 0.239 e. The van der Waals surface area contributed by atoms with Crippen molar-refractivity contribution in [2.75, 3.05) is 0 Å². The quantitative estimate of drug-likeness (QED) is 0.161. The van der Waals surface area contributed by atoms with E-state index in [9.17, 15) is 9.59 Å². The fourth-order valence-corrected chi connectivity index (χ4v) is 8.05. The predicted octanol–water partition coefficient (Wildman–Crippen LogP) is 9.39. The highest BCUT2D eigenvalue weighted by Gasteiger charge is 2.26. The van der Waals surface area contributed by atoms with Gasteiger partial charge in [0.05, 0.1) is 21.0 Å². The summed E-state index contributed by atoms with van der Waals surface area (Å²) >= 11 is 13.8. The van der Waals surface area contributed by atoms with Gasteiger partial charge in [0, 0.05) is 51.5 Å². The van der Waals surface area contributed by atoms with E-state index in [2.05, 4.69) is 102 Å². The van der Waals surface area contributed by atoms with Crippen LogP contribution in [0.25, 0.3) is 19.5 Å². The summed E-state index contributed by atoms with van der Waals surface area (Å²) in [5.41, 5.74) is 0. The summed E-state index contributed by atoms with van der Waals surface area (Å²) < 4.78 is 2.20. The van der Waals surface area contributed by atoms with E-state index < -0.39 is 0 Å². The summed E-state index contributed by atoms with van der Waals surface area (Å²) in [5.74, 6) is -0.287. The molecule has 33 heavy (non-hydrogen) atoms. The fourth-order valence-electron chi connectivity index (χ4n) is 2.89. The minimum atomic E-state index is -0.144. The van der Waals surface area contributed by atoms with Gasteiger partial charge in [-0.2, -0.15) is 0 Å². The summed E-state index contributed by atoms with van der Waals surface area (Å²) in [6.45, 7) is 8.57. The van der Waals surface area contributed by atoms with Gasteiger partial charge >= 0.3 is 0 Å². The number of hydrogen-bond donors (Lipinski definition) is 0. The van der Waals surface area contributed by atoms with Crippen molar-refractivity contribution in [1.29, 1.82) is 0 Å². The second-order valence-corrected chi connectivity index (χ2v) is 14.0. The number of hydrogen-bond acceptors (Lipinski definition) is 6. The molecule has 1 saturated heterocycles. The first kappa shape index (κ1) is 26.5. The summed E-state index contributed by atoms with van der Waals surface area (Å²) in [6.07, 6.45) is 0.703. The van der Waals surface area contributed by atoms with Gasteiger partial charge in [0.1, 0.15) is 0 Å². The van der Waals surface area contributed by atoms with Crippen molar-refractivity contribution in [3.8, 4) is 19.5 Å². The summed E-state index contributed by atoms with van der Waals surface area (Å²) in [5, 5.41) is 0. The predicted molar refractivity (Wildman–Crippen MR) is 152 cm³/mol. The first-order chi connectivity index (χ1) is 15.6. The number of thiophene rings is 4. The molecule has 1 aliphatic rings. The van der Waals surface area contributed by atoms with Crippen molar-refractivity contribution in [3.63, 3.8) is 0 Å². The number of carbonyl (C=O) groups is 2. The third-order valence-electron chi connectivity index (χ3n) is 4.49. The fraction of sp³-hybridized carbons (Fsp3) is 0.250. The molecule has 5 rings (SSSR count). The molecule has 1 aliphatic heterocycles. The van der Waals surface area contributed by atoms with Crippen LogP contribution in [0.2, 0.25) is 0 Å². The molecule has 0 N–H and O–H groups in total. The highest BCUT2D eigenvalue weighted by molar-refractivity contribution is 9.10. The maximum atomic E-state index is 10.4. The normalized spacial score (nSPS) is 13.0. The third-order valence-corrected chi connectivity index (χ3v) is 10.6. The Kier molecular flexibility index (Phi) is 9.67. The van der Waals surface area contributed by atoms with Crippen LogP contribution in [0.1, 0.15) is 32.4 Å². The highest BCUT2D eigenvalue weighted by Crippen LogP contribution is 2.39. The molecular weight excluding hydrogens is 622 g/mol. The first-order valence-corrected chi connectivity index (χ1v) is 14.9. The Morgan fingerprint density at radius 2 is 1.09 bits per heavy atom. The Morgan fingerprint density at radius 1 is 0.667 bits per heavy atom. The van der Waals surface area contributed by atoms with E-state index in [-0.39, 0.29) is 11.8 Å². The molecule has 2 amide bonds. The number of carbonyl (C=O) groups excluding carboxylic acids is 2. The summed E-state index contributed by atoms with van der Waals surface area (Å²) in [6, 6.07) is 15.3. The van der Waals surface area contributed by atoms with Crippen molar-refractivity contribution in [1.82, 2.24) is 3.93 Å². The molecular formula is C24H23Br2NO2S4. The third kappa shape index (κ3) is 7.44. The zero-order valence-electron chi connectivity index (χ0n) is 18.6. The van der Waals surface area contributed by atoms with Gasteiger partial charge < -0.3 is 0 Å². The molecule has 3 nitrogen and oxygen atoms in total. The molecule has 0 saturated carbocycles. The Labute approximate surface area is 227 Å². The van der Waals surface area contributed by atoms with E-state index >= 15 is 0 Å². The van der Waals surface area contributed by atoms with Crippen LogP contribution in [-0.4, -0.2) is 15.7 Å². The van der Waals surface area contributed by atoms with Crippen LogP contribution in [0.15, 0.2) is 46.9 Å². The number of imide groups is 1. The Balaban J connectivity index is 0.000000143. The van der Waals surface area contributed by atoms with Gasteiger partial charge in [-0.05, 0) is 86.1 Å². The summed E-state index contributed by atoms with van der Waals surface area (Å²) in [7, 11) is 0. The monoisotopic (exact) mass is 643 g/mol. The van der Waals surface area contributed by atoms with Gasteiger partial charge in [0.15, 0.2) is 0 Å². The standard InChI is InChI=1S/C10H9BrS2.C10H10S2.C4H4BrNO2/c1-6-3-4-9(12-6)10-8(11)5-7(2)13-10;1-7-3-5-9(11-7)10-6-4-8(2)12-10;5-6-3(7)1-2-4(6)8/h3-5H,1-2H3;3-6H,1-2H3;1-2H2. The number of nitrogens with zero attached hydrogens (tertiary/aromatic N) is 1. The molecule has 0 aromatic carbocycles. The van der Waals surface area contributed by atoms with Crippen molar-refractivity contribution < 1.29 is 9.59 Å². The molecule has 9 heteroatoms. The lowest BCUT2D eigenvalue weighted by Crippen LogP contribution is -2.16. The van der Waals surface area contributed by atoms with Crippen LogP contribution >= 0.6 is 77.4 Å². The highest BCUT2D eigenvalue weighted by atomic mass is 79.9. The molecule has 0 radical (unpaired) electrons. The topological polar surface area (TPSA) is 37.4 Å². The molecule has 4 aromatic rings. The van der Waals surface area contributed by atoms with Crippen molar-refractivity contribution >= 4 is 89.2 Å². The van der Waals surface area contributed by atoms with E-state index in [0.29, 0.717) is 12.8 Å². The summed E-state index contributed by atoms with van der Waals surface area (Å²) in [4.78, 5) is 31.9. The van der Waals surface area contributed by atoms with Crippen LogP contribution in [0.4, 0.5) is 0 Å². The van der Waals surface area contributed by atoms with E-state index in [0.717, 1.165) is 3.93 Å². The number of halogens is 2. The average molecular weight is 646 g/mol. The first-order valence-electron chi connectivity index (χ1n) is 10.1. The van der Waals surface area contributed by atoms with Gasteiger partial charge in [-0.1, -0.05) is 0 Å². The van der Waals surface area contributed by atoms with Gasteiger partial charge in [0.25, 0.3) is 0 Å². The van der Waals surface area contributed by atoms with Crippen LogP contribution in [0.5, 0.6) is 0 Å². The minimum Gasteiger partial charge on any atom is -0.274 e. The largest absolute Gasteiger partial charge is 0.274 e. The molecule has 4 aromatic heterocycles. The van der Waals surface area contributed by atoms with E-state index in [4.69, 9.17) is 0 Å². The molecule has 0 atom stereocenters. The second kappa shape index (κ2) is 12.0. The maximum Gasteiger partial charge on any atom is 0.239 e. The van der Waals surface area contributed by atoms with E-state index in [1.807, 2.05) is 45.3 Å². The van der Waals surface area contributed by atoms with Crippen molar-refractivity contribution in [2.45, 2.75) is 40.5 Å². The maximum absolute atomic E-state index is 10.4. The van der Waals surface area contributed by atoms with Gasteiger partial charge in [-0.15, -0.1) is 45.3 Å². The molecule has 1 fully saturated rings. The molecule has 0 unspecified atom stereocenters. The van der Waals surface area contributed by atoms with Gasteiger partial charge in [-0.25, -0.2) is 3.93 Å². The van der Waals surface area contributed by atoms with Crippen molar-refractivity contribution in [3.05, 3.63) is 66.4 Å². The van der Waals surface area contributed by atoms with Crippen LogP contribution in [0, 0.1) is 27.7 Å². The lowest BCUT2D eigenvalue weighted by molar-refractivity contribution is -0.131. The lowest BCUT2D eigenvalue weighted by atomic mass is 10.3. The van der Waals surface area contributed by atoms with Gasteiger partial charge in [-0.3, -0.25) is 9.59 Å². The van der Waals surface area contributed by atoms with Crippen molar-refractivity contribution in [2.24, 2.45) is 0 Å². The Morgan fingerprint density at radius 3 is 1.36 bits per heavy atom. The molecule has 0 spiro atoms. The molecule has 174 valence electrons. The second-order valence-electron chi connectivity index (χ2n) is 7.33. The Bertz CT molecular complexity index is 1200. The van der Waals surface area contributed by atoms with Crippen LogP contribution in [-0.2, 0) is 9.59 Å². The Hall–Kier alpha value is -1.10. The molecule has 5 heterocycles. The SMILES string of the molecule is Cc1ccc(-c2ccc(C)s2)s1.Cc1ccc(-c2sc(C)cc2Br)s1.O=C1CCC(=O)N1Br. The van der Waals surface area contributed by atoms with Crippen LogP contribution in [0.3, 0.4) is 0 Å². The minimum absolute atomic E-state index is 0.144. The van der Waals surface area contributed by atoms with Crippen LogP contribution < -0.4 is 0 Å². The molecule has 0 aliphatic carbocycles. The average Bonchev–Trinajstić information content (AvgIpc) is 3.58. The van der Waals surface area contributed by atoms with E-state index in [1.165, 1.54) is 43.5 Å².